The molecule has 3 amide bonds. The van der Waals surface area contributed by atoms with E-state index in [-0.39, 0.29) is 62.5 Å². The summed E-state index contributed by atoms with van der Waals surface area (Å²) in [7, 11) is -18.1. The zero-order chi connectivity index (χ0) is 47.5. The number of hydrogen-bond donors (Lipinski definition) is 4. The van der Waals surface area contributed by atoms with Crippen molar-refractivity contribution in [2.45, 2.75) is 92.8 Å². The minimum absolute atomic E-state index is 0.0114. The summed E-state index contributed by atoms with van der Waals surface area (Å²) >= 11 is 0. The van der Waals surface area contributed by atoms with Crippen LogP contribution in [0.3, 0.4) is 0 Å². The van der Waals surface area contributed by atoms with E-state index in [1.165, 1.54) is 36.4 Å². The maximum absolute atomic E-state index is 12.6. The minimum Gasteiger partial charge on any atom is -0.744 e. The van der Waals surface area contributed by atoms with Gasteiger partial charge in [-0.05, 0) is 88.4 Å². The zero-order valence-electron chi connectivity index (χ0n) is 35.5. The molecule has 0 bridgehead atoms. The predicted molar refractivity (Wildman–Crippen MR) is 234 cm³/mol. The molecule has 5 rings (SSSR count). The van der Waals surface area contributed by atoms with Crippen LogP contribution < -0.4 is 10.2 Å². The van der Waals surface area contributed by atoms with Crippen LogP contribution in [-0.2, 0) is 65.7 Å². The highest BCUT2D eigenvalue weighted by Crippen LogP contribution is 2.51. The highest BCUT2D eigenvalue weighted by Gasteiger charge is 2.46. The van der Waals surface area contributed by atoms with Crippen LogP contribution in [0.25, 0.3) is 0 Å². The number of benzene rings is 2. The van der Waals surface area contributed by atoms with E-state index in [4.69, 9.17) is 0 Å². The van der Waals surface area contributed by atoms with Gasteiger partial charge in [0, 0.05) is 79.1 Å². The number of fused-ring (bicyclic) bond motifs is 2. The molecule has 0 saturated carbocycles. The summed E-state index contributed by atoms with van der Waals surface area (Å²) in [4.78, 5) is 38.3. The molecule has 0 fully saturated rings. The van der Waals surface area contributed by atoms with E-state index in [2.05, 4.69) is 5.32 Å². The molecular weight excluding hydrogens is 917 g/mol. The molecule has 0 aliphatic carbocycles. The van der Waals surface area contributed by atoms with Gasteiger partial charge in [-0.25, -0.2) is 8.42 Å². The number of anilines is 1. The quantitative estimate of drug-likeness (QED) is 0.0569. The van der Waals surface area contributed by atoms with Crippen LogP contribution in [0.4, 0.5) is 11.4 Å². The molecule has 1 unspecified atom stereocenters. The molecule has 350 valence electrons. The Bertz CT molecular complexity index is 2760. The van der Waals surface area contributed by atoms with Crippen molar-refractivity contribution in [3.63, 3.8) is 0 Å². The first-order chi connectivity index (χ1) is 29.6. The molecule has 4 N–H and O–H groups in total. The second-order valence-electron chi connectivity index (χ2n) is 16.5. The molecule has 3 aliphatic rings. The summed E-state index contributed by atoms with van der Waals surface area (Å²) in [6.07, 6.45) is 9.79. The van der Waals surface area contributed by atoms with Gasteiger partial charge >= 0.3 is 0 Å². The van der Waals surface area contributed by atoms with Crippen molar-refractivity contribution in [1.29, 1.82) is 0 Å². The Morgan fingerprint density at radius 1 is 0.766 bits per heavy atom. The summed E-state index contributed by atoms with van der Waals surface area (Å²) < 4.78 is 138. The number of unbranched alkanes of at least 4 members (excludes halogenated alkanes) is 3. The average molecular weight is 969 g/mol. The molecule has 0 saturated heterocycles. The van der Waals surface area contributed by atoms with E-state index in [0.29, 0.717) is 59.7 Å². The van der Waals surface area contributed by atoms with Crippen LogP contribution in [0.2, 0.25) is 0 Å². The van der Waals surface area contributed by atoms with Crippen molar-refractivity contribution in [2.75, 3.05) is 42.6 Å². The molecule has 2 aromatic carbocycles. The Morgan fingerprint density at radius 2 is 1.39 bits per heavy atom. The smallest absolute Gasteiger partial charge is 0.294 e. The Balaban J connectivity index is 1.48. The summed E-state index contributed by atoms with van der Waals surface area (Å²) in [6.45, 7) is 5.99. The van der Waals surface area contributed by atoms with E-state index in [1.54, 1.807) is 22.8 Å². The summed E-state index contributed by atoms with van der Waals surface area (Å²) in [5.41, 5.74) is 1.36. The first kappa shape index (κ1) is 50.4. The van der Waals surface area contributed by atoms with Crippen LogP contribution in [0, 0.1) is 0 Å². The monoisotopic (exact) mass is 968 g/mol. The van der Waals surface area contributed by atoms with Crippen molar-refractivity contribution < 1.29 is 70.8 Å². The number of imide groups is 1. The van der Waals surface area contributed by atoms with E-state index in [9.17, 15) is 66.3 Å². The molecule has 64 heavy (non-hydrogen) atoms. The standard InChI is InChI=1S/C41H52N4O15S4/c1-40(2)31-27-29(63(55,56)57)14-16-33(31)43(23-10-26-62(52,53)54)35(40)11-9-12-36-41(3,20-6-8-25-61(49,50)51)32-28-30(64(58,59)60)15-17-34(32)44(36)22-7-4-5-13-37(46)42-21-24-45-38(47)18-19-39(45)48/h9,11-12,14-19,27-28H,4-8,10,13,20-26H2,1-3H3,(H4-,42,46,49,50,51,52,53,54,55,56,57,58,59,60). The van der Waals surface area contributed by atoms with Crippen molar-refractivity contribution in [3.05, 3.63) is 83.6 Å². The van der Waals surface area contributed by atoms with Crippen molar-refractivity contribution in [2.24, 2.45) is 0 Å². The fourth-order valence-electron chi connectivity index (χ4n) is 8.42. The second kappa shape index (κ2) is 19.5. The van der Waals surface area contributed by atoms with Crippen molar-refractivity contribution in [1.82, 2.24) is 10.2 Å². The number of amides is 3. The van der Waals surface area contributed by atoms with Gasteiger partial charge in [-0.3, -0.25) is 32.9 Å². The molecule has 2 aromatic rings. The maximum Gasteiger partial charge on any atom is 0.294 e. The zero-order valence-corrected chi connectivity index (χ0v) is 38.7. The lowest BCUT2D eigenvalue weighted by Crippen LogP contribution is -2.38. The lowest BCUT2D eigenvalue weighted by Gasteiger charge is -2.30. The molecule has 1 atom stereocenters. The van der Waals surface area contributed by atoms with Crippen molar-refractivity contribution in [3.8, 4) is 0 Å². The van der Waals surface area contributed by atoms with E-state index in [0.717, 1.165) is 17.1 Å². The van der Waals surface area contributed by atoms with Gasteiger partial charge in [0.15, 0.2) is 5.71 Å². The molecule has 3 aliphatic heterocycles. The summed E-state index contributed by atoms with van der Waals surface area (Å²) in [5, 5.41) is 2.70. The minimum atomic E-state index is -4.91. The largest absolute Gasteiger partial charge is 0.744 e. The topological polar surface area (TPSA) is 293 Å². The third-order valence-electron chi connectivity index (χ3n) is 11.6. The molecule has 0 spiro atoms. The summed E-state index contributed by atoms with van der Waals surface area (Å²) in [5.74, 6) is -2.26. The van der Waals surface area contributed by atoms with Crippen LogP contribution in [0.15, 0.2) is 82.3 Å². The van der Waals surface area contributed by atoms with Crippen LogP contribution in [-0.4, -0.2) is 122 Å². The lowest BCUT2D eigenvalue weighted by atomic mass is 9.77. The van der Waals surface area contributed by atoms with Gasteiger partial charge in [0.2, 0.25) is 11.6 Å². The number of hydrogen-bond acceptors (Lipinski definition) is 13. The van der Waals surface area contributed by atoms with Gasteiger partial charge in [0.05, 0.1) is 26.7 Å². The van der Waals surface area contributed by atoms with Crippen molar-refractivity contribution >= 4 is 75.3 Å². The third kappa shape index (κ3) is 12.2. The average Bonchev–Trinajstić information content (AvgIpc) is 3.70. The number of allylic oxidation sites excluding steroid dienone is 4. The second-order valence-corrected chi connectivity index (χ2v) is 22.5. The maximum atomic E-state index is 12.6. The first-order valence-electron chi connectivity index (χ1n) is 20.4. The molecule has 23 heteroatoms. The van der Waals surface area contributed by atoms with E-state index in [1.807, 2.05) is 25.7 Å². The molecular formula is C41H52N4O15S4. The number of nitrogens with one attached hydrogen (secondary N) is 1. The predicted octanol–water partition coefficient (Wildman–Crippen LogP) is 3.37. The Hall–Kier alpha value is -4.62. The van der Waals surface area contributed by atoms with Gasteiger partial charge < -0.3 is 14.8 Å². The van der Waals surface area contributed by atoms with E-state index < -0.39 is 79.5 Å². The van der Waals surface area contributed by atoms with E-state index >= 15 is 0 Å². The highest BCUT2D eigenvalue weighted by atomic mass is 32.2. The van der Waals surface area contributed by atoms with Gasteiger partial charge in [0.25, 0.3) is 42.2 Å². The SMILES string of the molecule is CC1(C)C(C=CC=C2N(CCCCCC(=O)NCCN3C(=O)C=CC3=O)c3ccc(S(=O)(=O)[O-])cc3C2(C)CCCCS(=O)(=O)O)=[N+](CCCS(=O)(=O)O)c2ccc(S(=O)(=O)O)cc21. The Morgan fingerprint density at radius 3 is 2.02 bits per heavy atom. The highest BCUT2D eigenvalue weighted by molar-refractivity contribution is 7.86. The normalized spacial score (nSPS) is 19.4. The Kier molecular flexibility index (Phi) is 15.3. The number of carbonyl (C=O) groups excluding carboxylic acids is 3. The molecule has 0 aromatic heterocycles. The molecule has 19 nitrogen and oxygen atoms in total. The number of nitrogens with zero attached hydrogens (tertiary/aromatic N) is 3. The van der Waals surface area contributed by atoms with Crippen LogP contribution in [0.1, 0.15) is 83.3 Å². The number of carbonyl (C=O) groups is 3. The van der Waals surface area contributed by atoms with Gasteiger partial charge in [-0.1, -0.05) is 18.9 Å². The number of rotatable bonds is 22. The van der Waals surface area contributed by atoms with Gasteiger partial charge in [-0.2, -0.15) is 29.8 Å². The fraction of sp³-hybridized carbons (Fsp3) is 0.463. The molecule has 0 radical (unpaired) electrons. The fourth-order valence-corrected chi connectivity index (χ4v) is 10.5. The van der Waals surface area contributed by atoms with Crippen LogP contribution in [0.5, 0.6) is 0 Å². The summed E-state index contributed by atoms with van der Waals surface area (Å²) in [6, 6.07) is 8.08. The van der Waals surface area contributed by atoms with Gasteiger partial charge in [0.1, 0.15) is 16.7 Å². The van der Waals surface area contributed by atoms with Crippen LogP contribution >= 0.6 is 0 Å². The Labute approximate surface area is 373 Å². The molecule has 3 heterocycles. The third-order valence-corrected chi connectivity index (χ3v) is 14.9. The van der Waals surface area contributed by atoms with Gasteiger partial charge in [-0.15, -0.1) is 0 Å². The lowest BCUT2D eigenvalue weighted by molar-refractivity contribution is -0.437. The first-order valence-corrected chi connectivity index (χ1v) is 26.4.